The predicted octanol–water partition coefficient (Wildman–Crippen LogP) is 2.72. The number of benzene rings is 1. The molecule has 0 fully saturated rings. The van der Waals surface area contributed by atoms with Gasteiger partial charge in [-0.15, -0.1) is 0 Å². The molecule has 0 unspecified atom stereocenters. The number of ether oxygens (including phenoxy) is 1. The number of rotatable bonds is 6. The summed E-state index contributed by atoms with van der Waals surface area (Å²) in [6.07, 6.45) is 0. The first-order chi connectivity index (χ1) is 7.24. The normalized spacial score (nSPS) is 10.9. The Morgan fingerprint density at radius 2 is 1.87 bits per heavy atom. The molecule has 15 heavy (non-hydrogen) atoms. The Kier molecular flexibility index (Phi) is 5.37. The van der Waals surface area contributed by atoms with Crippen LogP contribution in [-0.4, -0.2) is 12.6 Å². The van der Waals surface area contributed by atoms with E-state index < -0.39 is 0 Å². The van der Waals surface area contributed by atoms with Crippen molar-refractivity contribution in [3.05, 3.63) is 35.4 Å². The molecule has 0 amide bonds. The third-order valence-electron chi connectivity index (χ3n) is 2.28. The SMILES string of the molecule is CCOCc1ccccc1CNC(C)C. The van der Waals surface area contributed by atoms with Crippen molar-refractivity contribution in [3.63, 3.8) is 0 Å². The van der Waals surface area contributed by atoms with E-state index in [0.717, 1.165) is 13.2 Å². The second-order valence-corrected chi connectivity index (χ2v) is 3.94. The van der Waals surface area contributed by atoms with E-state index in [0.29, 0.717) is 12.6 Å². The van der Waals surface area contributed by atoms with E-state index >= 15 is 0 Å². The highest BCUT2D eigenvalue weighted by molar-refractivity contribution is 5.26. The van der Waals surface area contributed by atoms with Crippen LogP contribution >= 0.6 is 0 Å². The fraction of sp³-hybridized carbons (Fsp3) is 0.538. The Morgan fingerprint density at radius 3 is 2.47 bits per heavy atom. The molecular weight excluding hydrogens is 186 g/mol. The first kappa shape index (κ1) is 12.2. The summed E-state index contributed by atoms with van der Waals surface area (Å²) < 4.78 is 5.44. The van der Waals surface area contributed by atoms with Crippen molar-refractivity contribution in [2.75, 3.05) is 6.61 Å². The quantitative estimate of drug-likeness (QED) is 0.774. The molecule has 0 atom stereocenters. The van der Waals surface area contributed by atoms with Gasteiger partial charge in [0.15, 0.2) is 0 Å². The van der Waals surface area contributed by atoms with E-state index in [4.69, 9.17) is 4.74 Å². The van der Waals surface area contributed by atoms with Gasteiger partial charge in [0, 0.05) is 19.2 Å². The largest absolute Gasteiger partial charge is 0.377 e. The number of hydrogen-bond donors (Lipinski definition) is 1. The molecule has 1 aromatic rings. The standard InChI is InChI=1S/C13H21NO/c1-4-15-10-13-8-6-5-7-12(13)9-14-11(2)3/h5-8,11,14H,4,9-10H2,1-3H3. The van der Waals surface area contributed by atoms with Crippen molar-refractivity contribution in [2.24, 2.45) is 0 Å². The van der Waals surface area contributed by atoms with Gasteiger partial charge in [0.25, 0.3) is 0 Å². The molecule has 1 aromatic carbocycles. The summed E-state index contributed by atoms with van der Waals surface area (Å²) in [4.78, 5) is 0. The van der Waals surface area contributed by atoms with E-state index in [-0.39, 0.29) is 0 Å². The predicted molar refractivity (Wildman–Crippen MR) is 63.7 cm³/mol. The van der Waals surface area contributed by atoms with Crippen LogP contribution in [0.3, 0.4) is 0 Å². The Morgan fingerprint density at radius 1 is 1.20 bits per heavy atom. The number of hydrogen-bond acceptors (Lipinski definition) is 2. The van der Waals surface area contributed by atoms with Gasteiger partial charge in [-0.3, -0.25) is 0 Å². The van der Waals surface area contributed by atoms with Gasteiger partial charge >= 0.3 is 0 Å². The number of nitrogens with one attached hydrogen (secondary N) is 1. The van der Waals surface area contributed by atoms with Crippen molar-refractivity contribution < 1.29 is 4.74 Å². The first-order valence-corrected chi connectivity index (χ1v) is 5.62. The molecule has 0 heterocycles. The summed E-state index contributed by atoms with van der Waals surface area (Å²) in [6, 6.07) is 8.95. The minimum absolute atomic E-state index is 0.519. The molecule has 0 saturated heterocycles. The van der Waals surface area contributed by atoms with Gasteiger partial charge < -0.3 is 10.1 Å². The molecule has 0 aliphatic heterocycles. The van der Waals surface area contributed by atoms with Crippen LogP contribution in [0.25, 0.3) is 0 Å². The van der Waals surface area contributed by atoms with Gasteiger partial charge in [0.2, 0.25) is 0 Å². The molecule has 0 bridgehead atoms. The van der Waals surface area contributed by atoms with Crippen molar-refractivity contribution in [3.8, 4) is 0 Å². The lowest BCUT2D eigenvalue weighted by molar-refractivity contribution is 0.133. The van der Waals surface area contributed by atoms with Gasteiger partial charge in [0.05, 0.1) is 6.61 Å². The molecule has 0 aliphatic carbocycles. The molecule has 1 rings (SSSR count). The average Bonchev–Trinajstić information content (AvgIpc) is 2.24. The van der Waals surface area contributed by atoms with Crippen molar-refractivity contribution in [2.45, 2.75) is 40.0 Å². The van der Waals surface area contributed by atoms with Crippen LogP contribution in [0.1, 0.15) is 31.9 Å². The summed E-state index contributed by atoms with van der Waals surface area (Å²) >= 11 is 0. The summed E-state index contributed by atoms with van der Waals surface area (Å²) in [6.45, 7) is 8.74. The second kappa shape index (κ2) is 6.59. The van der Waals surface area contributed by atoms with Crippen LogP contribution in [0.2, 0.25) is 0 Å². The highest BCUT2D eigenvalue weighted by atomic mass is 16.5. The zero-order valence-electron chi connectivity index (χ0n) is 9.92. The smallest absolute Gasteiger partial charge is 0.0719 e. The Bertz CT molecular complexity index is 284. The van der Waals surface area contributed by atoms with Crippen LogP contribution < -0.4 is 5.32 Å². The van der Waals surface area contributed by atoms with Gasteiger partial charge in [-0.05, 0) is 18.1 Å². The third kappa shape index (κ3) is 4.45. The fourth-order valence-corrected chi connectivity index (χ4v) is 1.40. The van der Waals surface area contributed by atoms with Crippen LogP contribution in [0.15, 0.2) is 24.3 Å². The monoisotopic (exact) mass is 207 g/mol. The molecule has 0 saturated carbocycles. The molecular formula is C13H21NO. The lowest BCUT2D eigenvalue weighted by atomic mass is 10.1. The molecule has 0 spiro atoms. The molecule has 0 radical (unpaired) electrons. The van der Waals surface area contributed by atoms with Gasteiger partial charge in [-0.25, -0.2) is 0 Å². The van der Waals surface area contributed by atoms with Crippen LogP contribution in [0, 0.1) is 0 Å². The Balaban J connectivity index is 2.59. The maximum atomic E-state index is 5.44. The fourth-order valence-electron chi connectivity index (χ4n) is 1.40. The van der Waals surface area contributed by atoms with Crippen molar-refractivity contribution in [1.82, 2.24) is 5.32 Å². The van der Waals surface area contributed by atoms with Crippen molar-refractivity contribution >= 4 is 0 Å². The maximum Gasteiger partial charge on any atom is 0.0719 e. The molecule has 2 heteroatoms. The summed E-state index contributed by atoms with van der Waals surface area (Å²) in [7, 11) is 0. The summed E-state index contributed by atoms with van der Waals surface area (Å²) in [5.74, 6) is 0. The molecule has 0 aliphatic rings. The minimum atomic E-state index is 0.519. The second-order valence-electron chi connectivity index (χ2n) is 3.94. The van der Waals surface area contributed by atoms with E-state index in [1.54, 1.807) is 0 Å². The summed E-state index contributed by atoms with van der Waals surface area (Å²) in [5.41, 5.74) is 2.62. The molecule has 0 aromatic heterocycles. The van der Waals surface area contributed by atoms with Gasteiger partial charge in [-0.1, -0.05) is 38.1 Å². The highest BCUT2D eigenvalue weighted by Gasteiger charge is 2.01. The average molecular weight is 207 g/mol. The molecule has 2 nitrogen and oxygen atoms in total. The molecule has 84 valence electrons. The Labute approximate surface area is 92.6 Å². The van der Waals surface area contributed by atoms with Gasteiger partial charge in [0.1, 0.15) is 0 Å². The van der Waals surface area contributed by atoms with Crippen LogP contribution in [-0.2, 0) is 17.9 Å². The van der Waals surface area contributed by atoms with E-state index in [9.17, 15) is 0 Å². The minimum Gasteiger partial charge on any atom is -0.377 e. The van der Waals surface area contributed by atoms with Crippen molar-refractivity contribution in [1.29, 1.82) is 0 Å². The van der Waals surface area contributed by atoms with E-state index in [1.807, 2.05) is 6.92 Å². The molecule has 1 N–H and O–H groups in total. The van der Waals surface area contributed by atoms with E-state index in [2.05, 4.69) is 43.4 Å². The third-order valence-corrected chi connectivity index (χ3v) is 2.28. The van der Waals surface area contributed by atoms with Crippen LogP contribution in [0.4, 0.5) is 0 Å². The maximum absolute atomic E-state index is 5.44. The van der Waals surface area contributed by atoms with Gasteiger partial charge in [-0.2, -0.15) is 0 Å². The Hall–Kier alpha value is -0.860. The van der Waals surface area contributed by atoms with E-state index in [1.165, 1.54) is 11.1 Å². The first-order valence-electron chi connectivity index (χ1n) is 5.62. The zero-order chi connectivity index (χ0) is 11.1. The summed E-state index contributed by atoms with van der Waals surface area (Å²) in [5, 5.41) is 3.42. The lowest BCUT2D eigenvalue weighted by Gasteiger charge is -2.12. The lowest BCUT2D eigenvalue weighted by Crippen LogP contribution is -2.22. The van der Waals surface area contributed by atoms with Crippen LogP contribution in [0.5, 0.6) is 0 Å². The zero-order valence-corrected chi connectivity index (χ0v) is 9.92. The topological polar surface area (TPSA) is 21.3 Å². The highest BCUT2D eigenvalue weighted by Crippen LogP contribution is 2.10.